The number of nitrogens with zero attached hydrogens (tertiary/aromatic N) is 2. The van der Waals surface area contributed by atoms with Crippen LogP contribution in [-0.2, 0) is 0 Å². The molecule has 0 atom stereocenters. The van der Waals surface area contributed by atoms with Crippen molar-refractivity contribution in [2.24, 2.45) is 0 Å². The predicted octanol–water partition coefficient (Wildman–Crippen LogP) is 3.95. The van der Waals surface area contributed by atoms with E-state index in [2.05, 4.69) is 9.97 Å². The molecule has 0 spiro atoms. The molecule has 0 saturated carbocycles. The predicted molar refractivity (Wildman–Crippen MR) is 72.9 cm³/mol. The first-order chi connectivity index (χ1) is 9.34. The van der Waals surface area contributed by atoms with Gasteiger partial charge in [0.1, 0.15) is 0 Å². The molecule has 0 aliphatic heterocycles. The van der Waals surface area contributed by atoms with E-state index in [-0.39, 0.29) is 0 Å². The van der Waals surface area contributed by atoms with Crippen molar-refractivity contribution in [1.29, 1.82) is 0 Å². The van der Waals surface area contributed by atoms with Gasteiger partial charge in [0.2, 0.25) is 5.95 Å². The Balaban J connectivity index is 2.21. The summed E-state index contributed by atoms with van der Waals surface area (Å²) in [4.78, 5) is 8.18. The largest absolute Gasteiger partial charge is 0.249 e. The lowest BCUT2D eigenvalue weighted by Crippen LogP contribution is -1.95. The van der Waals surface area contributed by atoms with Crippen LogP contribution in [0.15, 0.2) is 66.9 Å². The van der Waals surface area contributed by atoms with E-state index < -0.39 is 5.95 Å². The lowest BCUT2D eigenvalue weighted by atomic mass is 10.0. The quantitative estimate of drug-likeness (QED) is 0.688. The van der Waals surface area contributed by atoms with Crippen molar-refractivity contribution in [3.63, 3.8) is 0 Å². The molecule has 0 aliphatic carbocycles. The smallest absolute Gasteiger partial charge is 0.231 e. The van der Waals surface area contributed by atoms with Gasteiger partial charge in [0.15, 0.2) is 0 Å². The number of benzene rings is 2. The van der Waals surface area contributed by atoms with E-state index in [1.165, 1.54) is 0 Å². The van der Waals surface area contributed by atoms with Gasteiger partial charge in [-0.1, -0.05) is 60.7 Å². The molecule has 0 amide bonds. The summed E-state index contributed by atoms with van der Waals surface area (Å²) >= 11 is 0. The summed E-state index contributed by atoms with van der Waals surface area (Å²) in [6, 6.07) is 19.2. The van der Waals surface area contributed by atoms with Crippen LogP contribution in [0.5, 0.6) is 0 Å². The van der Waals surface area contributed by atoms with Crippen molar-refractivity contribution in [3.05, 3.63) is 72.8 Å². The Kier molecular flexibility index (Phi) is 3.02. The summed E-state index contributed by atoms with van der Waals surface area (Å²) in [5.41, 5.74) is 3.03. The molecular formula is C16H11FN2. The van der Waals surface area contributed by atoms with Crippen LogP contribution in [0.3, 0.4) is 0 Å². The van der Waals surface area contributed by atoms with Gasteiger partial charge >= 0.3 is 0 Å². The van der Waals surface area contributed by atoms with Gasteiger partial charge in [-0.15, -0.1) is 0 Å². The Morgan fingerprint density at radius 2 is 1.21 bits per heavy atom. The number of hydrogen-bond donors (Lipinski definition) is 0. The van der Waals surface area contributed by atoms with Gasteiger partial charge in [-0.05, 0) is 0 Å². The normalized spacial score (nSPS) is 10.4. The van der Waals surface area contributed by atoms with Gasteiger partial charge in [0.05, 0.1) is 17.6 Å². The Morgan fingerprint density at radius 1 is 0.684 bits per heavy atom. The van der Waals surface area contributed by atoms with E-state index in [0.29, 0.717) is 11.4 Å². The van der Waals surface area contributed by atoms with E-state index in [9.17, 15) is 4.39 Å². The fourth-order valence-corrected chi connectivity index (χ4v) is 1.97. The van der Waals surface area contributed by atoms with Crippen LogP contribution >= 0.6 is 0 Å². The molecule has 1 heterocycles. The van der Waals surface area contributed by atoms with Crippen molar-refractivity contribution in [1.82, 2.24) is 9.97 Å². The summed E-state index contributed by atoms with van der Waals surface area (Å²) in [6.45, 7) is 0. The monoisotopic (exact) mass is 250 g/mol. The summed E-state index contributed by atoms with van der Waals surface area (Å²) in [5, 5.41) is 0. The molecule has 3 rings (SSSR count). The third-order valence-electron chi connectivity index (χ3n) is 2.84. The fraction of sp³-hybridized carbons (Fsp3) is 0. The molecule has 19 heavy (non-hydrogen) atoms. The molecule has 0 saturated heterocycles. The van der Waals surface area contributed by atoms with Crippen LogP contribution in [0.2, 0.25) is 0 Å². The molecular weight excluding hydrogens is 239 g/mol. The number of hydrogen-bond acceptors (Lipinski definition) is 2. The van der Waals surface area contributed by atoms with Crippen LogP contribution < -0.4 is 0 Å². The molecule has 1 aromatic heterocycles. The zero-order chi connectivity index (χ0) is 13.1. The van der Waals surface area contributed by atoms with E-state index in [0.717, 1.165) is 17.3 Å². The molecule has 3 aromatic rings. The molecule has 0 unspecified atom stereocenters. The molecule has 92 valence electrons. The lowest BCUT2D eigenvalue weighted by molar-refractivity contribution is 0.579. The van der Waals surface area contributed by atoms with E-state index >= 15 is 0 Å². The average Bonchev–Trinajstić information content (AvgIpc) is 2.49. The second-order valence-corrected chi connectivity index (χ2v) is 4.12. The second kappa shape index (κ2) is 4.98. The maximum Gasteiger partial charge on any atom is 0.231 e. The molecule has 0 N–H and O–H groups in total. The molecule has 2 aromatic carbocycles. The highest BCUT2D eigenvalue weighted by Gasteiger charge is 2.11. The number of rotatable bonds is 2. The summed E-state index contributed by atoms with van der Waals surface area (Å²) < 4.78 is 13.4. The summed E-state index contributed by atoms with van der Waals surface area (Å²) in [5.74, 6) is -0.571. The molecule has 0 fully saturated rings. The number of halogens is 1. The van der Waals surface area contributed by atoms with Gasteiger partial charge in [-0.25, -0.2) is 9.97 Å². The van der Waals surface area contributed by atoms with Crippen LogP contribution in [0.4, 0.5) is 4.39 Å². The standard InChI is InChI=1S/C16H11FN2/c17-14-11-18-15(12-7-3-1-4-8-12)16(19-14)13-9-5-2-6-10-13/h1-11H. The van der Waals surface area contributed by atoms with Crippen LogP contribution in [0.1, 0.15) is 0 Å². The first kappa shape index (κ1) is 11.5. The highest BCUT2D eigenvalue weighted by Crippen LogP contribution is 2.28. The van der Waals surface area contributed by atoms with E-state index in [1.54, 1.807) is 0 Å². The first-order valence-electron chi connectivity index (χ1n) is 5.98. The van der Waals surface area contributed by atoms with Gasteiger partial charge in [-0.2, -0.15) is 4.39 Å². The van der Waals surface area contributed by atoms with Crippen molar-refractivity contribution < 1.29 is 4.39 Å². The van der Waals surface area contributed by atoms with Crippen molar-refractivity contribution in [3.8, 4) is 22.5 Å². The summed E-state index contributed by atoms with van der Waals surface area (Å²) in [7, 11) is 0. The zero-order valence-corrected chi connectivity index (χ0v) is 10.1. The molecule has 0 bridgehead atoms. The average molecular weight is 250 g/mol. The highest BCUT2D eigenvalue weighted by atomic mass is 19.1. The van der Waals surface area contributed by atoms with Crippen molar-refractivity contribution >= 4 is 0 Å². The first-order valence-corrected chi connectivity index (χ1v) is 5.98. The minimum absolute atomic E-state index is 0.562. The van der Waals surface area contributed by atoms with Gasteiger partial charge < -0.3 is 0 Å². The van der Waals surface area contributed by atoms with Crippen molar-refractivity contribution in [2.75, 3.05) is 0 Å². The highest BCUT2D eigenvalue weighted by molar-refractivity contribution is 5.77. The van der Waals surface area contributed by atoms with Crippen LogP contribution in [-0.4, -0.2) is 9.97 Å². The van der Waals surface area contributed by atoms with E-state index in [4.69, 9.17) is 0 Å². The lowest BCUT2D eigenvalue weighted by Gasteiger charge is -2.07. The third-order valence-corrected chi connectivity index (χ3v) is 2.84. The fourth-order valence-electron chi connectivity index (χ4n) is 1.97. The molecule has 3 heteroatoms. The third kappa shape index (κ3) is 2.36. The van der Waals surface area contributed by atoms with Gasteiger partial charge in [0.25, 0.3) is 0 Å². The van der Waals surface area contributed by atoms with Crippen LogP contribution in [0.25, 0.3) is 22.5 Å². The minimum atomic E-state index is -0.571. The maximum absolute atomic E-state index is 13.4. The van der Waals surface area contributed by atoms with Gasteiger partial charge in [-0.3, -0.25) is 0 Å². The maximum atomic E-state index is 13.4. The Hall–Kier alpha value is -2.55. The van der Waals surface area contributed by atoms with Crippen molar-refractivity contribution in [2.45, 2.75) is 0 Å². The molecule has 2 nitrogen and oxygen atoms in total. The van der Waals surface area contributed by atoms with Crippen LogP contribution in [0, 0.1) is 5.95 Å². The zero-order valence-electron chi connectivity index (χ0n) is 10.1. The Labute approximate surface area is 110 Å². The second-order valence-electron chi connectivity index (χ2n) is 4.12. The minimum Gasteiger partial charge on any atom is -0.249 e. The van der Waals surface area contributed by atoms with Gasteiger partial charge in [0, 0.05) is 11.1 Å². The Bertz CT molecular complexity index is 682. The van der Waals surface area contributed by atoms with E-state index in [1.807, 2.05) is 60.7 Å². The molecule has 0 aliphatic rings. The topological polar surface area (TPSA) is 25.8 Å². The Morgan fingerprint density at radius 3 is 1.79 bits per heavy atom. The summed E-state index contributed by atoms with van der Waals surface area (Å²) in [6.07, 6.45) is 1.15. The SMILES string of the molecule is Fc1cnc(-c2ccccc2)c(-c2ccccc2)n1. The molecule has 0 radical (unpaired) electrons. The number of aromatic nitrogens is 2.